The lowest BCUT2D eigenvalue weighted by Gasteiger charge is -2.20. The summed E-state index contributed by atoms with van der Waals surface area (Å²) in [6.45, 7) is 8.08. The zero-order chi connectivity index (χ0) is 22.1. The minimum Gasteiger partial charge on any atom is -0.348 e. The Kier molecular flexibility index (Phi) is 5.51. The lowest BCUT2D eigenvalue weighted by atomic mass is 9.92. The van der Waals surface area contributed by atoms with Crippen LogP contribution in [0.2, 0.25) is 0 Å². The van der Waals surface area contributed by atoms with Crippen molar-refractivity contribution in [2.24, 2.45) is 0 Å². The molecule has 1 atom stereocenters. The van der Waals surface area contributed by atoms with Gasteiger partial charge in [0, 0.05) is 46.7 Å². The van der Waals surface area contributed by atoms with E-state index in [1.165, 1.54) is 5.56 Å². The Morgan fingerprint density at radius 2 is 1.81 bits per heavy atom. The first-order valence-electron chi connectivity index (χ1n) is 10.5. The first-order chi connectivity index (χ1) is 14.9. The highest BCUT2D eigenvalue weighted by atomic mass is 16.1. The van der Waals surface area contributed by atoms with Crippen LogP contribution in [0.1, 0.15) is 56.8 Å². The molecule has 1 amide bonds. The van der Waals surface area contributed by atoms with Crippen molar-refractivity contribution in [2.45, 2.75) is 40.2 Å². The van der Waals surface area contributed by atoms with Crippen LogP contribution in [0.25, 0.3) is 5.52 Å². The molecule has 31 heavy (non-hydrogen) atoms. The fourth-order valence-corrected chi connectivity index (χ4v) is 4.34. The predicted octanol–water partition coefficient (Wildman–Crippen LogP) is 4.63. The van der Waals surface area contributed by atoms with Crippen molar-refractivity contribution in [3.63, 3.8) is 0 Å². The van der Waals surface area contributed by atoms with Gasteiger partial charge >= 0.3 is 0 Å². The number of fused-ring (bicyclic) bond motifs is 1. The molecule has 4 rings (SSSR count). The zero-order valence-electron chi connectivity index (χ0n) is 18.3. The van der Waals surface area contributed by atoms with Gasteiger partial charge in [0.1, 0.15) is 0 Å². The maximum Gasteiger partial charge on any atom is 0.253 e. The Labute approximate surface area is 181 Å². The van der Waals surface area contributed by atoms with Crippen LogP contribution in [0.3, 0.4) is 0 Å². The number of hydrogen-bond acceptors (Lipinski definition) is 2. The third-order valence-corrected chi connectivity index (χ3v) is 5.99. The third-order valence-electron chi connectivity index (χ3n) is 5.99. The Morgan fingerprint density at radius 3 is 2.52 bits per heavy atom. The molecule has 1 aromatic carbocycles. The number of rotatable bonds is 5. The second-order valence-electron chi connectivity index (χ2n) is 8.13. The van der Waals surface area contributed by atoms with Crippen molar-refractivity contribution >= 4 is 11.4 Å². The van der Waals surface area contributed by atoms with Crippen molar-refractivity contribution < 1.29 is 4.79 Å². The van der Waals surface area contributed by atoms with Gasteiger partial charge in [-0.3, -0.25) is 9.59 Å². The van der Waals surface area contributed by atoms with Crippen LogP contribution < -0.4 is 10.9 Å². The number of aromatic nitrogens is 2. The number of aromatic amines is 1. The van der Waals surface area contributed by atoms with Gasteiger partial charge in [0.05, 0.1) is 0 Å². The molecule has 0 saturated heterocycles. The molecule has 2 N–H and O–H groups in total. The van der Waals surface area contributed by atoms with Crippen LogP contribution in [0, 0.1) is 20.8 Å². The van der Waals surface area contributed by atoms with Crippen LogP contribution in [0.5, 0.6) is 0 Å². The molecule has 3 aromatic heterocycles. The van der Waals surface area contributed by atoms with Gasteiger partial charge < -0.3 is 14.7 Å². The van der Waals surface area contributed by atoms with Gasteiger partial charge in [0.15, 0.2) is 0 Å². The van der Waals surface area contributed by atoms with Crippen molar-refractivity contribution in [1.29, 1.82) is 0 Å². The predicted molar refractivity (Wildman–Crippen MR) is 124 cm³/mol. The van der Waals surface area contributed by atoms with Gasteiger partial charge in [-0.15, -0.1) is 0 Å². The smallest absolute Gasteiger partial charge is 0.253 e. The fraction of sp³-hybridized carbons (Fsp3) is 0.231. The monoisotopic (exact) mass is 413 g/mol. The molecule has 0 aliphatic carbocycles. The summed E-state index contributed by atoms with van der Waals surface area (Å²) in [6, 6.07) is 18.1. The van der Waals surface area contributed by atoms with E-state index in [2.05, 4.69) is 33.8 Å². The Balaban J connectivity index is 1.71. The number of carbonyl (C=O) groups excluding carboxylic acids is 1. The molecule has 3 heterocycles. The Hall–Kier alpha value is -3.60. The van der Waals surface area contributed by atoms with E-state index in [0.29, 0.717) is 11.1 Å². The average molecular weight is 414 g/mol. The Bertz CT molecular complexity index is 1320. The molecule has 0 radical (unpaired) electrons. The fourth-order valence-electron chi connectivity index (χ4n) is 4.34. The van der Waals surface area contributed by atoms with Crippen LogP contribution in [0.15, 0.2) is 65.6 Å². The van der Waals surface area contributed by atoms with Gasteiger partial charge in [-0.25, -0.2) is 0 Å². The number of nitrogens with one attached hydrogen (secondary N) is 2. The van der Waals surface area contributed by atoms with Crippen molar-refractivity contribution in [3.05, 3.63) is 110 Å². The molecular formula is C26H27N3O2. The summed E-state index contributed by atoms with van der Waals surface area (Å²) in [5, 5.41) is 2.95. The van der Waals surface area contributed by atoms with Crippen LogP contribution in [-0.4, -0.2) is 15.3 Å². The van der Waals surface area contributed by atoms with Crippen molar-refractivity contribution in [3.8, 4) is 0 Å². The molecule has 158 valence electrons. The van der Waals surface area contributed by atoms with Crippen molar-refractivity contribution in [2.75, 3.05) is 0 Å². The topological polar surface area (TPSA) is 66.4 Å². The highest BCUT2D eigenvalue weighted by molar-refractivity contribution is 5.97. The number of nitrogens with zero attached hydrogens (tertiary/aromatic N) is 1. The van der Waals surface area contributed by atoms with Crippen molar-refractivity contribution in [1.82, 2.24) is 14.7 Å². The second-order valence-corrected chi connectivity index (χ2v) is 8.13. The summed E-state index contributed by atoms with van der Waals surface area (Å²) in [4.78, 5) is 28.3. The molecular weight excluding hydrogens is 386 g/mol. The molecule has 0 aliphatic rings. The van der Waals surface area contributed by atoms with Crippen LogP contribution in [-0.2, 0) is 6.54 Å². The van der Waals surface area contributed by atoms with E-state index in [0.717, 1.165) is 28.0 Å². The molecule has 5 heteroatoms. The normalized spacial score (nSPS) is 12.1. The SMILES string of the molecule is Cc1cc(C)c(CNC(=O)c2cc3cccn3c(C(C)c3ccccc3)c2C)c(=O)[nH]1. The largest absolute Gasteiger partial charge is 0.348 e. The third kappa shape index (κ3) is 3.91. The van der Waals surface area contributed by atoms with Crippen LogP contribution in [0.4, 0.5) is 0 Å². The number of aryl methyl sites for hydroxylation is 2. The summed E-state index contributed by atoms with van der Waals surface area (Å²) >= 11 is 0. The highest BCUT2D eigenvalue weighted by Gasteiger charge is 2.21. The number of carbonyl (C=O) groups is 1. The molecule has 0 fully saturated rings. The number of hydrogen-bond donors (Lipinski definition) is 2. The van der Waals surface area contributed by atoms with Gasteiger partial charge in [-0.1, -0.05) is 37.3 Å². The van der Waals surface area contributed by atoms with E-state index in [1.807, 2.05) is 69.4 Å². The van der Waals surface area contributed by atoms with E-state index in [4.69, 9.17) is 0 Å². The molecule has 1 unspecified atom stereocenters. The molecule has 4 aromatic rings. The van der Waals surface area contributed by atoms with E-state index in [-0.39, 0.29) is 23.9 Å². The molecule has 0 spiro atoms. The second kappa shape index (κ2) is 8.26. The molecule has 0 bridgehead atoms. The summed E-state index contributed by atoms with van der Waals surface area (Å²) in [5.41, 5.74) is 6.93. The molecule has 5 nitrogen and oxygen atoms in total. The lowest BCUT2D eigenvalue weighted by Crippen LogP contribution is -2.29. The first-order valence-corrected chi connectivity index (χ1v) is 10.5. The standard InChI is InChI=1S/C26H27N3O2/c1-16-13-17(2)28-26(31)23(16)15-27-25(30)22-14-21-11-8-12-29(21)24(19(22)4)18(3)20-9-6-5-7-10-20/h5-14,18H,15H2,1-4H3,(H,27,30)(H,28,31). The minimum absolute atomic E-state index is 0.117. The highest BCUT2D eigenvalue weighted by Crippen LogP contribution is 2.30. The summed E-state index contributed by atoms with van der Waals surface area (Å²) in [6.07, 6.45) is 2.04. The lowest BCUT2D eigenvalue weighted by molar-refractivity contribution is 0.0950. The number of pyridine rings is 2. The molecule has 0 saturated carbocycles. The summed E-state index contributed by atoms with van der Waals surface area (Å²) in [5.74, 6) is -0.0619. The van der Waals surface area contributed by atoms with Gasteiger partial charge in [-0.2, -0.15) is 0 Å². The van der Waals surface area contributed by atoms with E-state index >= 15 is 0 Å². The number of amides is 1. The van der Waals surface area contributed by atoms with Gasteiger partial charge in [0.25, 0.3) is 11.5 Å². The zero-order valence-corrected chi connectivity index (χ0v) is 18.3. The van der Waals surface area contributed by atoms with Crippen LogP contribution >= 0.6 is 0 Å². The average Bonchev–Trinajstić information content (AvgIpc) is 3.20. The first kappa shape index (κ1) is 20.7. The maximum absolute atomic E-state index is 13.2. The number of benzene rings is 1. The Morgan fingerprint density at radius 1 is 1.06 bits per heavy atom. The van der Waals surface area contributed by atoms with E-state index in [9.17, 15) is 9.59 Å². The van der Waals surface area contributed by atoms with E-state index in [1.54, 1.807) is 0 Å². The van der Waals surface area contributed by atoms with Gasteiger partial charge in [-0.05, 0) is 61.7 Å². The van der Waals surface area contributed by atoms with Gasteiger partial charge in [0.2, 0.25) is 0 Å². The number of H-pyrrole nitrogens is 1. The quantitative estimate of drug-likeness (QED) is 0.501. The summed E-state index contributed by atoms with van der Waals surface area (Å²) < 4.78 is 2.15. The molecule has 0 aliphatic heterocycles. The maximum atomic E-state index is 13.2. The van der Waals surface area contributed by atoms with E-state index < -0.39 is 0 Å². The minimum atomic E-state index is -0.179. The summed E-state index contributed by atoms with van der Waals surface area (Å²) in [7, 11) is 0.